The van der Waals surface area contributed by atoms with Gasteiger partial charge in [-0.1, -0.05) is 37.3 Å². The van der Waals surface area contributed by atoms with Crippen LogP contribution in [0.5, 0.6) is 0 Å². The lowest BCUT2D eigenvalue weighted by molar-refractivity contribution is -0.144. The maximum Gasteiger partial charge on any atom is 0.322 e. The summed E-state index contributed by atoms with van der Waals surface area (Å²) in [5.41, 5.74) is 1.24. The van der Waals surface area contributed by atoms with Crippen LogP contribution in [0.3, 0.4) is 0 Å². The summed E-state index contributed by atoms with van der Waals surface area (Å²) in [5, 5.41) is 3.38. The lowest BCUT2D eigenvalue weighted by atomic mass is 9.86. The quantitative estimate of drug-likeness (QED) is 0.796. The molecule has 1 aliphatic rings. The van der Waals surface area contributed by atoms with Crippen LogP contribution in [0.1, 0.15) is 31.4 Å². The van der Waals surface area contributed by atoms with Crippen molar-refractivity contribution >= 4 is 5.97 Å². The van der Waals surface area contributed by atoms with Crippen molar-refractivity contribution in [2.75, 3.05) is 7.11 Å². The third-order valence-electron chi connectivity index (χ3n) is 3.37. The van der Waals surface area contributed by atoms with Gasteiger partial charge in [-0.25, -0.2) is 0 Å². The van der Waals surface area contributed by atoms with Crippen LogP contribution in [0.2, 0.25) is 0 Å². The molecule has 1 fully saturated rings. The van der Waals surface area contributed by atoms with E-state index in [4.69, 9.17) is 4.74 Å². The molecule has 3 unspecified atom stereocenters. The molecule has 1 saturated heterocycles. The van der Waals surface area contributed by atoms with E-state index in [-0.39, 0.29) is 18.1 Å². The number of hydrogen-bond donors (Lipinski definition) is 1. The first-order valence-corrected chi connectivity index (χ1v) is 6.09. The second-order valence-corrected chi connectivity index (χ2v) is 4.78. The lowest BCUT2D eigenvalue weighted by Gasteiger charge is -2.33. The Kier molecular flexibility index (Phi) is 3.79. The molecule has 1 heterocycles. The van der Waals surface area contributed by atoms with Crippen molar-refractivity contribution in [1.82, 2.24) is 5.32 Å². The Bertz CT molecular complexity index is 377. The molecular weight excluding hydrogens is 214 g/mol. The zero-order valence-electron chi connectivity index (χ0n) is 10.3. The number of methoxy groups -OCH3 is 1. The summed E-state index contributed by atoms with van der Waals surface area (Å²) in [5.74, 6) is 0.378. The molecule has 3 nitrogen and oxygen atoms in total. The number of esters is 1. The highest BCUT2D eigenvalue weighted by atomic mass is 16.5. The van der Waals surface area contributed by atoms with Gasteiger partial charge in [-0.15, -0.1) is 0 Å². The topological polar surface area (TPSA) is 38.3 Å². The van der Waals surface area contributed by atoms with Crippen molar-refractivity contribution in [2.45, 2.75) is 31.8 Å². The second kappa shape index (κ2) is 5.32. The Morgan fingerprint density at radius 2 is 2.00 bits per heavy atom. The summed E-state index contributed by atoms with van der Waals surface area (Å²) in [6, 6.07) is 10.4. The van der Waals surface area contributed by atoms with E-state index in [1.807, 2.05) is 18.2 Å². The van der Waals surface area contributed by atoms with Gasteiger partial charge in [0.05, 0.1) is 7.11 Å². The molecule has 17 heavy (non-hydrogen) atoms. The zero-order chi connectivity index (χ0) is 12.3. The van der Waals surface area contributed by atoms with Gasteiger partial charge in [0.2, 0.25) is 0 Å². The number of piperidine rings is 1. The van der Waals surface area contributed by atoms with Gasteiger partial charge < -0.3 is 4.74 Å². The first-order valence-electron chi connectivity index (χ1n) is 6.09. The van der Waals surface area contributed by atoms with E-state index in [2.05, 4.69) is 24.4 Å². The summed E-state index contributed by atoms with van der Waals surface area (Å²) in [7, 11) is 1.45. The van der Waals surface area contributed by atoms with Crippen LogP contribution in [0, 0.1) is 5.92 Å². The zero-order valence-corrected chi connectivity index (χ0v) is 10.3. The fourth-order valence-corrected chi connectivity index (χ4v) is 2.50. The lowest BCUT2D eigenvalue weighted by Crippen LogP contribution is -2.45. The molecule has 0 radical (unpaired) electrons. The molecular formula is C14H19NO2. The molecule has 0 spiro atoms. The molecule has 3 heteroatoms. The summed E-state index contributed by atoms with van der Waals surface area (Å²) in [6.07, 6.45) is 1.92. The van der Waals surface area contributed by atoms with Crippen molar-refractivity contribution in [2.24, 2.45) is 5.92 Å². The standard InChI is InChI=1S/C14H19NO2/c1-10-8-12(11-6-4-3-5-7-11)15-13(9-10)14(16)17-2/h3-7,10,12-13,15H,8-9H2,1-2H3. The number of benzene rings is 1. The minimum Gasteiger partial charge on any atom is -0.468 e. The minimum absolute atomic E-state index is 0.155. The fourth-order valence-electron chi connectivity index (χ4n) is 2.50. The van der Waals surface area contributed by atoms with Crippen molar-refractivity contribution in [1.29, 1.82) is 0 Å². The second-order valence-electron chi connectivity index (χ2n) is 4.78. The summed E-state index contributed by atoms with van der Waals surface area (Å²) in [6.45, 7) is 2.19. The van der Waals surface area contributed by atoms with Gasteiger partial charge in [0.1, 0.15) is 6.04 Å². The molecule has 1 aromatic rings. The third-order valence-corrected chi connectivity index (χ3v) is 3.37. The van der Waals surface area contributed by atoms with Crippen LogP contribution >= 0.6 is 0 Å². The van der Waals surface area contributed by atoms with Crippen LogP contribution in [0.25, 0.3) is 0 Å². The molecule has 0 aromatic heterocycles. The van der Waals surface area contributed by atoms with E-state index < -0.39 is 0 Å². The van der Waals surface area contributed by atoms with Crippen LogP contribution in [-0.4, -0.2) is 19.1 Å². The van der Waals surface area contributed by atoms with E-state index >= 15 is 0 Å². The van der Waals surface area contributed by atoms with E-state index in [1.165, 1.54) is 12.7 Å². The highest BCUT2D eigenvalue weighted by molar-refractivity contribution is 5.75. The predicted molar refractivity (Wildman–Crippen MR) is 66.5 cm³/mol. The highest BCUT2D eigenvalue weighted by Crippen LogP contribution is 2.29. The predicted octanol–water partition coefficient (Wildman–Crippen LogP) is 2.29. The Morgan fingerprint density at radius 3 is 2.65 bits per heavy atom. The van der Waals surface area contributed by atoms with Crippen molar-refractivity contribution < 1.29 is 9.53 Å². The average molecular weight is 233 g/mol. The molecule has 1 N–H and O–H groups in total. The largest absolute Gasteiger partial charge is 0.468 e. The van der Waals surface area contributed by atoms with Crippen LogP contribution < -0.4 is 5.32 Å². The molecule has 3 atom stereocenters. The molecule has 1 aromatic carbocycles. The van der Waals surface area contributed by atoms with E-state index in [0.29, 0.717) is 5.92 Å². The van der Waals surface area contributed by atoms with E-state index in [0.717, 1.165) is 12.8 Å². The maximum atomic E-state index is 11.6. The van der Waals surface area contributed by atoms with Gasteiger partial charge in [0.15, 0.2) is 0 Å². The number of ether oxygens (including phenoxy) is 1. The number of carbonyl (C=O) groups excluding carboxylic acids is 1. The normalized spacial score (nSPS) is 28.7. The van der Waals surface area contributed by atoms with Gasteiger partial charge >= 0.3 is 5.97 Å². The Balaban J connectivity index is 2.11. The number of carbonyl (C=O) groups is 1. The van der Waals surface area contributed by atoms with E-state index in [1.54, 1.807) is 0 Å². The monoisotopic (exact) mass is 233 g/mol. The van der Waals surface area contributed by atoms with Gasteiger partial charge in [0.25, 0.3) is 0 Å². The first kappa shape index (κ1) is 12.1. The van der Waals surface area contributed by atoms with Crippen molar-refractivity contribution in [3.8, 4) is 0 Å². The molecule has 0 bridgehead atoms. The van der Waals surface area contributed by atoms with Crippen LogP contribution in [-0.2, 0) is 9.53 Å². The van der Waals surface area contributed by atoms with Gasteiger partial charge in [-0.2, -0.15) is 0 Å². The minimum atomic E-state index is -0.172. The van der Waals surface area contributed by atoms with Crippen LogP contribution in [0.15, 0.2) is 30.3 Å². The molecule has 0 saturated carbocycles. The summed E-state index contributed by atoms with van der Waals surface area (Å²) < 4.78 is 4.82. The van der Waals surface area contributed by atoms with Gasteiger partial charge in [-0.3, -0.25) is 10.1 Å². The fraction of sp³-hybridized carbons (Fsp3) is 0.500. The number of nitrogens with one attached hydrogen (secondary N) is 1. The van der Waals surface area contributed by atoms with Crippen molar-refractivity contribution in [3.63, 3.8) is 0 Å². The van der Waals surface area contributed by atoms with E-state index in [9.17, 15) is 4.79 Å². The first-order chi connectivity index (χ1) is 8.20. The van der Waals surface area contributed by atoms with Gasteiger partial charge in [-0.05, 0) is 24.3 Å². The summed E-state index contributed by atoms with van der Waals surface area (Å²) in [4.78, 5) is 11.6. The SMILES string of the molecule is COC(=O)C1CC(C)CC(c2ccccc2)N1. The number of hydrogen-bond acceptors (Lipinski definition) is 3. The Labute approximate surface area is 102 Å². The number of rotatable bonds is 2. The van der Waals surface area contributed by atoms with Gasteiger partial charge in [0, 0.05) is 6.04 Å². The molecule has 0 amide bonds. The maximum absolute atomic E-state index is 11.6. The Hall–Kier alpha value is -1.35. The summed E-state index contributed by atoms with van der Waals surface area (Å²) >= 11 is 0. The smallest absolute Gasteiger partial charge is 0.322 e. The molecule has 92 valence electrons. The average Bonchev–Trinajstić information content (AvgIpc) is 2.38. The molecule has 1 aliphatic heterocycles. The molecule has 0 aliphatic carbocycles. The third kappa shape index (κ3) is 2.86. The van der Waals surface area contributed by atoms with Crippen molar-refractivity contribution in [3.05, 3.63) is 35.9 Å². The molecule has 2 rings (SSSR count). The van der Waals surface area contributed by atoms with Crippen LogP contribution in [0.4, 0.5) is 0 Å². The highest BCUT2D eigenvalue weighted by Gasteiger charge is 2.31. The Morgan fingerprint density at radius 1 is 1.29 bits per heavy atom.